The van der Waals surface area contributed by atoms with Gasteiger partial charge in [-0.1, -0.05) is 0 Å². The minimum atomic E-state index is -0.0170. The number of hydrogen-bond donors (Lipinski definition) is 2. The van der Waals surface area contributed by atoms with E-state index in [1.54, 1.807) is 29.8 Å². The third kappa shape index (κ3) is 4.49. The third-order valence-electron chi connectivity index (χ3n) is 2.91. The van der Waals surface area contributed by atoms with Gasteiger partial charge in [-0.15, -0.1) is 11.3 Å². The predicted octanol–water partition coefficient (Wildman–Crippen LogP) is 2.23. The van der Waals surface area contributed by atoms with E-state index < -0.39 is 0 Å². The van der Waals surface area contributed by atoms with Crippen LogP contribution in [0.3, 0.4) is 0 Å². The second-order valence-electron chi connectivity index (χ2n) is 4.72. The maximum Gasteiger partial charge on any atom is 0.222 e. The summed E-state index contributed by atoms with van der Waals surface area (Å²) in [6.07, 6.45) is 3.69. The van der Waals surface area contributed by atoms with Crippen LogP contribution in [0, 0.1) is 13.8 Å². The Morgan fingerprint density at radius 1 is 1.33 bits per heavy atom. The number of carbonyl (C=O) groups excluding carboxylic acids is 1. The molecule has 2 N–H and O–H groups in total. The van der Waals surface area contributed by atoms with Crippen molar-refractivity contribution in [1.29, 1.82) is 0 Å². The molecule has 0 fully saturated rings. The Balaban J connectivity index is 1.78. The number of aryl methyl sites for hydroxylation is 2. The van der Waals surface area contributed by atoms with Gasteiger partial charge in [-0.2, -0.15) is 0 Å². The lowest BCUT2D eigenvalue weighted by molar-refractivity contribution is -0.121. The van der Waals surface area contributed by atoms with Crippen LogP contribution in [0.2, 0.25) is 0 Å². The van der Waals surface area contributed by atoms with E-state index in [9.17, 15) is 4.79 Å². The zero-order chi connectivity index (χ0) is 15.2. The maximum atomic E-state index is 11.9. The van der Waals surface area contributed by atoms with Crippen LogP contribution in [0.25, 0.3) is 0 Å². The molecule has 2 aromatic rings. The minimum Gasteiger partial charge on any atom is -0.354 e. The molecule has 1 unspecified atom stereocenters. The number of thiazole rings is 1. The van der Waals surface area contributed by atoms with Crippen molar-refractivity contribution in [2.24, 2.45) is 0 Å². The highest BCUT2D eigenvalue weighted by Gasteiger charge is 2.15. The van der Waals surface area contributed by atoms with Crippen molar-refractivity contribution < 1.29 is 4.79 Å². The van der Waals surface area contributed by atoms with Crippen molar-refractivity contribution in [2.45, 2.75) is 33.2 Å². The zero-order valence-electron chi connectivity index (χ0n) is 12.4. The summed E-state index contributed by atoms with van der Waals surface area (Å²) in [4.78, 5) is 25.5. The highest BCUT2D eigenvalue weighted by Crippen LogP contribution is 2.24. The molecule has 0 aromatic carbocycles. The van der Waals surface area contributed by atoms with Crippen LogP contribution in [-0.2, 0) is 4.79 Å². The van der Waals surface area contributed by atoms with Gasteiger partial charge in [0, 0.05) is 30.2 Å². The van der Waals surface area contributed by atoms with E-state index in [2.05, 4.69) is 25.6 Å². The number of nitrogens with zero attached hydrogens (tertiary/aromatic N) is 3. The van der Waals surface area contributed by atoms with E-state index in [-0.39, 0.29) is 11.9 Å². The molecule has 0 saturated heterocycles. The number of rotatable bonds is 6. The zero-order valence-corrected chi connectivity index (χ0v) is 13.2. The lowest BCUT2D eigenvalue weighted by atomic mass is 10.2. The van der Waals surface area contributed by atoms with Crippen molar-refractivity contribution in [3.8, 4) is 0 Å². The molecule has 0 aliphatic rings. The predicted molar refractivity (Wildman–Crippen MR) is 83.3 cm³/mol. The summed E-state index contributed by atoms with van der Waals surface area (Å²) in [5, 5.41) is 7.02. The van der Waals surface area contributed by atoms with Gasteiger partial charge in [-0.05, 0) is 26.8 Å². The summed E-state index contributed by atoms with van der Waals surface area (Å²) in [6, 6.07) is 1.73. The Bertz CT molecular complexity index is 599. The summed E-state index contributed by atoms with van der Waals surface area (Å²) >= 11 is 1.62. The molecule has 1 amide bonds. The lowest BCUT2D eigenvalue weighted by Gasteiger charge is -2.13. The van der Waals surface area contributed by atoms with Crippen LogP contribution >= 0.6 is 11.3 Å². The van der Waals surface area contributed by atoms with E-state index in [1.165, 1.54) is 0 Å². The molecular formula is C14H19N5OS. The molecule has 2 rings (SSSR count). The maximum absolute atomic E-state index is 11.9. The molecule has 0 bridgehead atoms. The Hall–Kier alpha value is -2.02. The van der Waals surface area contributed by atoms with Crippen molar-refractivity contribution in [3.63, 3.8) is 0 Å². The van der Waals surface area contributed by atoms with Gasteiger partial charge in [0.25, 0.3) is 0 Å². The van der Waals surface area contributed by atoms with E-state index in [0.717, 1.165) is 15.6 Å². The van der Waals surface area contributed by atoms with Crippen LogP contribution in [0.15, 0.2) is 18.5 Å². The van der Waals surface area contributed by atoms with Gasteiger partial charge in [-0.25, -0.2) is 15.0 Å². The van der Waals surface area contributed by atoms with Gasteiger partial charge in [0.05, 0.1) is 16.7 Å². The standard InChI is InChI=1S/C14H19N5OS/c1-9-13(21-11(3)18-9)10(2)19-12(20)5-8-17-14-15-6-4-7-16-14/h4,6-7,10H,5,8H2,1-3H3,(H,19,20)(H,15,16,17). The number of anilines is 1. The first kappa shape index (κ1) is 15.4. The molecule has 0 aliphatic carbocycles. The summed E-state index contributed by atoms with van der Waals surface area (Å²) in [6.45, 7) is 6.42. The van der Waals surface area contributed by atoms with Gasteiger partial charge in [0.1, 0.15) is 0 Å². The molecule has 0 saturated carbocycles. The molecule has 7 heteroatoms. The van der Waals surface area contributed by atoms with E-state index in [1.807, 2.05) is 20.8 Å². The molecule has 0 aliphatic heterocycles. The molecule has 1 atom stereocenters. The molecule has 21 heavy (non-hydrogen) atoms. The summed E-state index contributed by atoms with van der Waals surface area (Å²) in [5.41, 5.74) is 0.987. The Morgan fingerprint density at radius 2 is 2.05 bits per heavy atom. The summed E-state index contributed by atoms with van der Waals surface area (Å²) < 4.78 is 0. The number of hydrogen-bond acceptors (Lipinski definition) is 6. The average molecular weight is 305 g/mol. The monoisotopic (exact) mass is 305 g/mol. The van der Waals surface area contributed by atoms with Crippen molar-refractivity contribution in [3.05, 3.63) is 34.0 Å². The molecule has 2 aromatic heterocycles. The fourth-order valence-electron chi connectivity index (χ4n) is 2.01. The van der Waals surface area contributed by atoms with Crippen molar-refractivity contribution in [1.82, 2.24) is 20.3 Å². The normalized spacial score (nSPS) is 12.0. The quantitative estimate of drug-likeness (QED) is 0.855. The second-order valence-corrected chi connectivity index (χ2v) is 5.96. The Kier molecular flexibility index (Phi) is 5.21. The molecular weight excluding hydrogens is 286 g/mol. The van der Waals surface area contributed by atoms with E-state index in [0.29, 0.717) is 18.9 Å². The Morgan fingerprint density at radius 3 is 2.67 bits per heavy atom. The van der Waals surface area contributed by atoms with Crippen LogP contribution in [0.5, 0.6) is 0 Å². The SMILES string of the molecule is Cc1nc(C)c(C(C)NC(=O)CCNc2ncccn2)s1. The fourth-order valence-corrected chi connectivity index (χ4v) is 2.94. The molecule has 112 valence electrons. The molecule has 6 nitrogen and oxygen atoms in total. The summed E-state index contributed by atoms with van der Waals surface area (Å²) in [7, 11) is 0. The number of nitrogens with one attached hydrogen (secondary N) is 2. The highest BCUT2D eigenvalue weighted by molar-refractivity contribution is 7.11. The molecule has 2 heterocycles. The van der Waals surface area contributed by atoms with E-state index >= 15 is 0 Å². The molecule has 0 spiro atoms. The van der Waals surface area contributed by atoms with Gasteiger partial charge >= 0.3 is 0 Å². The van der Waals surface area contributed by atoms with Crippen LogP contribution in [-0.4, -0.2) is 27.4 Å². The highest BCUT2D eigenvalue weighted by atomic mass is 32.1. The topological polar surface area (TPSA) is 79.8 Å². The number of carbonyl (C=O) groups is 1. The smallest absolute Gasteiger partial charge is 0.222 e. The van der Waals surface area contributed by atoms with Gasteiger partial charge < -0.3 is 10.6 Å². The largest absolute Gasteiger partial charge is 0.354 e. The number of aromatic nitrogens is 3. The second kappa shape index (κ2) is 7.12. The average Bonchev–Trinajstić information content (AvgIpc) is 2.79. The van der Waals surface area contributed by atoms with Crippen LogP contribution < -0.4 is 10.6 Å². The fraction of sp³-hybridized carbons (Fsp3) is 0.429. The van der Waals surface area contributed by atoms with Gasteiger partial charge in [0.15, 0.2) is 0 Å². The van der Waals surface area contributed by atoms with Gasteiger partial charge in [0.2, 0.25) is 11.9 Å². The first-order valence-corrected chi connectivity index (χ1v) is 7.62. The van der Waals surface area contributed by atoms with Gasteiger partial charge in [-0.3, -0.25) is 4.79 Å². The minimum absolute atomic E-state index is 0.00335. The van der Waals surface area contributed by atoms with Crippen molar-refractivity contribution >= 4 is 23.2 Å². The first-order valence-electron chi connectivity index (χ1n) is 6.80. The van der Waals surface area contributed by atoms with Crippen LogP contribution in [0.4, 0.5) is 5.95 Å². The summed E-state index contributed by atoms with van der Waals surface area (Å²) in [5.74, 6) is 0.531. The van der Waals surface area contributed by atoms with E-state index in [4.69, 9.17) is 0 Å². The Labute approximate surface area is 128 Å². The molecule has 0 radical (unpaired) electrons. The van der Waals surface area contributed by atoms with Crippen molar-refractivity contribution in [2.75, 3.05) is 11.9 Å². The van der Waals surface area contributed by atoms with Crippen LogP contribution in [0.1, 0.15) is 35.0 Å². The first-order chi connectivity index (χ1) is 10.1. The number of amides is 1. The third-order valence-corrected chi connectivity index (χ3v) is 4.17. The lowest BCUT2D eigenvalue weighted by Crippen LogP contribution is -2.28.